The maximum Gasteiger partial charge on any atom is 0.194 e. The predicted octanol–water partition coefficient (Wildman–Crippen LogP) is 2.22. The van der Waals surface area contributed by atoms with Crippen LogP contribution in [0.5, 0.6) is 5.75 Å². The van der Waals surface area contributed by atoms with E-state index in [1.54, 1.807) is 6.07 Å². The molecule has 0 aliphatic carbocycles. The Hall–Kier alpha value is -2.21. The van der Waals surface area contributed by atoms with Crippen LogP contribution in [0.4, 0.5) is 5.69 Å². The molecule has 2 heterocycles. The summed E-state index contributed by atoms with van der Waals surface area (Å²) in [5.74, 6) is 1.35. The van der Waals surface area contributed by atoms with E-state index >= 15 is 0 Å². The second-order valence-electron chi connectivity index (χ2n) is 6.64. The van der Waals surface area contributed by atoms with Crippen LogP contribution in [0, 0.1) is 0 Å². The van der Waals surface area contributed by atoms with Gasteiger partial charge in [-0.1, -0.05) is 23.8 Å². The average molecular weight is 358 g/mol. The quantitative estimate of drug-likeness (QED) is 0.480. The summed E-state index contributed by atoms with van der Waals surface area (Å²) in [5, 5.41) is 13.5. The van der Waals surface area contributed by atoms with E-state index in [1.807, 2.05) is 18.2 Å². The zero-order chi connectivity index (χ0) is 18.2. The van der Waals surface area contributed by atoms with Crippen molar-refractivity contribution in [1.29, 1.82) is 0 Å². The fraction of sp³-hybridized carbons (Fsp3) is 0.550. The number of phenolic OH excluding ortho intramolecular Hbond substituents is 1. The van der Waals surface area contributed by atoms with Crippen LogP contribution in [0.25, 0.3) is 0 Å². The van der Waals surface area contributed by atoms with Crippen molar-refractivity contribution in [2.24, 2.45) is 4.99 Å². The molecule has 6 heteroatoms. The SMILES string of the molecule is CCNC(=NCCC1=CCOCC1)N1CCN(c2ccccc2O)CC1. The summed E-state index contributed by atoms with van der Waals surface area (Å²) in [6.45, 7) is 8.93. The van der Waals surface area contributed by atoms with Crippen LogP contribution in [0.2, 0.25) is 0 Å². The lowest BCUT2D eigenvalue weighted by Gasteiger charge is -2.37. The predicted molar refractivity (Wildman–Crippen MR) is 106 cm³/mol. The molecule has 0 saturated carbocycles. The lowest BCUT2D eigenvalue weighted by Crippen LogP contribution is -2.52. The van der Waals surface area contributed by atoms with Gasteiger partial charge in [-0.05, 0) is 31.9 Å². The van der Waals surface area contributed by atoms with Crippen molar-refractivity contribution in [2.75, 3.05) is 57.4 Å². The van der Waals surface area contributed by atoms with E-state index in [0.717, 1.165) is 77.0 Å². The van der Waals surface area contributed by atoms with E-state index in [2.05, 4.69) is 28.1 Å². The molecule has 6 nitrogen and oxygen atoms in total. The number of aliphatic imine (C=N–C) groups is 1. The minimum absolute atomic E-state index is 0.353. The van der Waals surface area contributed by atoms with Crippen LogP contribution < -0.4 is 10.2 Å². The summed E-state index contributed by atoms with van der Waals surface area (Å²) >= 11 is 0. The monoisotopic (exact) mass is 358 g/mol. The number of rotatable bonds is 5. The maximum absolute atomic E-state index is 10.1. The van der Waals surface area contributed by atoms with Gasteiger partial charge in [-0.2, -0.15) is 0 Å². The fourth-order valence-electron chi connectivity index (χ4n) is 3.41. The van der Waals surface area contributed by atoms with Crippen molar-refractivity contribution in [3.05, 3.63) is 35.9 Å². The molecule has 1 aromatic rings. The first-order valence-corrected chi connectivity index (χ1v) is 9.59. The average Bonchev–Trinajstić information content (AvgIpc) is 2.69. The Labute approximate surface area is 156 Å². The molecule has 0 bridgehead atoms. The number of nitrogens with zero attached hydrogens (tertiary/aromatic N) is 3. The van der Waals surface area contributed by atoms with E-state index in [1.165, 1.54) is 5.57 Å². The second kappa shape index (κ2) is 9.48. The number of anilines is 1. The summed E-state index contributed by atoms with van der Waals surface area (Å²) in [6, 6.07) is 7.56. The largest absolute Gasteiger partial charge is 0.506 e. The molecule has 1 fully saturated rings. The highest BCUT2D eigenvalue weighted by Gasteiger charge is 2.21. The number of ether oxygens (including phenoxy) is 1. The van der Waals surface area contributed by atoms with Gasteiger partial charge in [0.15, 0.2) is 5.96 Å². The van der Waals surface area contributed by atoms with E-state index in [-0.39, 0.29) is 0 Å². The molecule has 0 atom stereocenters. The standard InChI is InChI=1S/C20H30N4O2/c1-2-21-20(22-10-7-17-8-15-26-16-9-17)24-13-11-23(12-14-24)18-5-3-4-6-19(18)25/h3-6,8,25H,2,7,9-16H2,1H3,(H,21,22). The minimum Gasteiger partial charge on any atom is -0.506 e. The van der Waals surface area contributed by atoms with Crippen molar-refractivity contribution in [3.63, 3.8) is 0 Å². The fourth-order valence-corrected chi connectivity index (χ4v) is 3.41. The van der Waals surface area contributed by atoms with Crippen LogP contribution in [0.15, 0.2) is 40.9 Å². The third-order valence-corrected chi connectivity index (χ3v) is 4.89. The first-order valence-electron chi connectivity index (χ1n) is 9.59. The molecule has 26 heavy (non-hydrogen) atoms. The van der Waals surface area contributed by atoms with Gasteiger partial charge in [0.1, 0.15) is 5.75 Å². The van der Waals surface area contributed by atoms with Gasteiger partial charge in [0.25, 0.3) is 0 Å². The summed E-state index contributed by atoms with van der Waals surface area (Å²) in [7, 11) is 0. The number of hydrogen-bond acceptors (Lipinski definition) is 4. The third kappa shape index (κ3) is 4.91. The lowest BCUT2D eigenvalue weighted by molar-refractivity contribution is 0.153. The van der Waals surface area contributed by atoms with Gasteiger partial charge in [-0.25, -0.2) is 0 Å². The number of phenols is 1. The molecule has 0 aromatic heterocycles. The van der Waals surface area contributed by atoms with Crippen molar-refractivity contribution >= 4 is 11.6 Å². The molecule has 0 unspecified atom stereocenters. The molecular formula is C20H30N4O2. The summed E-state index contributed by atoms with van der Waals surface area (Å²) < 4.78 is 5.36. The molecule has 0 spiro atoms. The molecule has 0 amide bonds. The zero-order valence-electron chi connectivity index (χ0n) is 15.7. The molecular weight excluding hydrogens is 328 g/mol. The summed E-state index contributed by atoms with van der Waals surface area (Å²) in [6.07, 6.45) is 4.23. The van der Waals surface area contributed by atoms with Gasteiger partial charge in [0, 0.05) is 39.3 Å². The number of para-hydroxylation sites is 2. The Bertz CT molecular complexity index is 636. The van der Waals surface area contributed by atoms with E-state index in [0.29, 0.717) is 5.75 Å². The molecule has 142 valence electrons. The highest BCUT2D eigenvalue weighted by molar-refractivity contribution is 5.80. The number of guanidine groups is 1. The Kier molecular flexibility index (Phi) is 6.77. The van der Waals surface area contributed by atoms with Crippen LogP contribution in [0.1, 0.15) is 19.8 Å². The Balaban J connectivity index is 1.55. The first-order chi connectivity index (χ1) is 12.8. The Morgan fingerprint density at radius 3 is 2.73 bits per heavy atom. The smallest absolute Gasteiger partial charge is 0.194 e. The van der Waals surface area contributed by atoms with Crippen molar-refractivity contribution in [2.45, 2.75) is 19.8 Å². The molecule has 0 radical (unpaired) electrons. The van der Waals surface area contributed by atoms with Crippen molar-refractivity contribution < 1.29 is 9.84 Å². The van der Waals surface area contributed by atoms with E-state index in [9.17, 15) is 5.11 Å². The highest BCUT2D eigenvalue weighted by Crippen LogP contribution is 2.27. The first kappa shape index (κ1) is 18.6. The third-order valence-electron chi connectivity index (χ3n) is 4.89. The Morgan fingerprint density at radius 1 is 1.23 bits per heavy atom. The van der Waals surface area contributed by atoms with Crippen LogP contribution >= 0.6 is 0 Å². The maximum atomic E-state index is 10.1. The van der Waals surface area contributed by atoms with Gasteiger partial charge in [-0.3, -0.25) is 4.99 Å². The van der Waals surface area contributed by atoms with Crippen LogP contribution in [-0.4, -0.2) is 68.4 Å². The van der Waals surface area contributed by atoms with E-state index in [4.69, 9.17) is 9.73 Å². The second-order valence-corrected chi connectivity index (χ2v) is 6.64. The number of piperazine rings is 1. The van der Waals surface area contributed by atoms with Crippen LogP contribution in [-0.2, 0) is 4.74 Å². The zero-order valence-corrected chi connectivity index (χ0v) is 15.7. The minimum atomic E-state index is 0.353. The van der Waals surface area contributed by atoms with Crippen molar-refractivity contribution in [1.82, 2.24) is 10.2 Å². The number of hydrogen-bond donors (Lipinski definition) is 2. The number of nitrogens with one attached hydrogen (secondary N) is 1. The number of aromatic hydroxyl groups is 1. The highest BCUT2D eigenvalue weighted by atomic mass is 16.5. The lowest BCUT2D eigenvalue weighted by atomic mass is 10.1. The molecule has 3 rings (SSSR count). The molecule has 2 N–H and O–H groups in total. The van der Waals surface area contributed by atoms with Gasteiger partial charge < -0.3 is 25.0 Å². The van der Waals surface area contributed by atoms with Crippen LogP contribution in [0.3, 0.4) is 0 Å². The molecule has 1 saturated heterocycles. The normalized spacial score (nSPS) is 18.7. The summed E-state index contributed by atoms with van der Waals surface area (Å²) in [4.78, 5) is 9.38. The van der Waals surface area contributed by atoms with E-state index < -0.39 is 0 Å². The molecule has 2 aliphatic rings. The van der Waals surface area contributed by atoms with Gasteiger partial charge in [-0.15, -0.1) is 0 Å². The summed E-state index contributed by atoms with van der Waals surface area (Å²) in [5.41, 5.74) is 2.38. The topological polar surface area (TPSA) is 60.3 Å². The molecule has 2 aliphatic heterocycles. The van der Waals surface area contributed by atoms with Crippen molar-refractivity contribution in [3.8, 4) is 5.75 Å². The van der Waals surface area contributed by atoms with Gasteiger partial charge >= 0.3 is 0 Å². The van der Waals surface area contributed by atoms with Gasteiger partial charge in [0.2, 0.25) is 0 Å². The molecule has 1 aromatic carbocycles. The Morgan fingerprint density at radius 2 is 2.04 bits per heavy atom. The number of benzene rings is 1. The van der Waals surface area contributed by atoms with Gasteiger partial charge in [0.05, 0.1) is 18.9 Å².